The van der Waals surface area contributed by atoms with Gasteiger partial charge in [-0.1, -0.05) is 62.4 Å². The van der Waals surface area contributed by atoms with Crippen molar-refractivity contribution in [3.63, 3.8) is 0 Å². The number of carboxylic acids is 1. The van der Waals surface area contributed by atoms with Crippen molar-refractivity contribution >= 4 is 18.0 Å². The Morgan fingerprint density at radius 2 is 1.62 bits per heavy atom. The average Bonchev–Trinajstić information content (AvgIpc) is 3.47. The molecule has 2 amide bonds. The van der Waals surface area contributed by atoms with Crippen LogP contribution in [-0.2, 0) is 14.3 Å². The molecule has 1 aliphatic heterocycles. The summed E-state index contributed by atoms with van der Waals surface area (Å²) in [5.41, 5.74) is 3.73. The van der Waals surface area contributed by atoms with E-state index in [1.807, 2.05) is 38.1 Å². The van der Waals surface area contributed by atoms with Gasteiger partial charge in [-0.05, 0) is 47.9 Å². The molecule has 0 aromatic heterocycles. The van der Waals surface area contributed by atoms with Gasteiger partial charge in [0.2, 0.25) is 5.91 Å². The average molecular weight is 465 g/mol. The van der Waals surface area contributed by atoms with E-state index in [0.717, 1.165) is 22.3 Å². The molecule has 0 bridgehead atoms. The summed E-state index contributed by atoms with van der Waals surface area (Å²) in [5, 5.41) is 12.3. The minimum atomic E-state index is -0.976. The topological polar surface area (TPSA) is 95.9 Å². The summed E-state index contributed by atoms with van der Waals surface area (Å²) in [6.45, 7) is 4.53. The highest BCUT2D eigenvalue weighted by atomic mass is 16.5. The first kappa shape index (κ1) is 23.8. The maximum Gasteiger partial charge on any atom is 0.407 e. The normalized spacial score (nSPS) is 17.2. The van der Waals surface area contributed by atoms with E-state index in [2.05, 4.69) is 29.6 Å². The van der Waals surface area contributed by atoms with Gasteiger partial charge in [-0.25, -0.2) is 9.59 Å². The number of carbonyl (C=O) groups is 3. The first-order valence-electron chi connectivity index (χ1n) is 12.0. The molecule has 180 valence electrons. The molecule has 7 nitrogen and oxygen atoms in total. The van der Waals surface area contributed by atoms with Crippen LogP contribution in [-0.4, -0.2) is 53.7 Å². The number of likely N-dealkylation sites (tertiary alicyclic amines) is 1. The standard InChI is InChI=1S/C27H32N2O5/c1-3-27(4-2,25(32)29-15-9-14-23(29)24(30)31)17-28-26(33)34-16-22-20-12-7-5-10-18(20)19-11-6-8-13-21(19)22/h5-8,10-13,22-23H,3-4,9,14-17H2,1-2H3,(H,28,33)(H,30,31). The van der Waals surface area contributed by atoms with Crippen LogP contribution in [0.3, 0.4) is 0 Å². The first-order valence-corrected chi connectivity index (χ1v) is 12.0. The van der Waals surface area contributed by atoms with Crippen molar-refractivity contribution in [1.82, 2.24) is 10.2 Å². The lowest BCUT2D eigenvalue weighted by Crippen LogP contribution is -2.52. The minimum Gasteiger partial charge on any atom is -0.480 e. The number of amides is 2. The van der Waals surface area contributed by atoms with E-state index in [-0.39, 0.29) is 25.0 Å². The molecule has 2 N–H and O–H groups in total. The zero-order valence-electron chi connectivity index (χ0n) is 19.8. The molecule has 0 spiro atoms. The van der Waals surface area contributed by atoms with Crippen molar-refractivity contribution < 1.29 is 24.2 Å². The van der Waals surface area contributed by atoms with Crippen LogP contribution >= 0.6 is 0 Å². The van der Waals surface area contributed by atoms with Gasteiger partial charge in [-0.3, -0.25) is 4.79 Å². The van der Waals surface area contributed by atoms with Crippen molar-refractivity contribution in [2.75, 3.05) is 19.7 Å². The molecule has 1 aliphatic carbocycles. The number of hydrogen-bond acceptors (Lipinski definition) is 4. The molecule has 0 saturated carbocycles. The lowest BCUT2D eigenvalue weighted by molar-refractivity contribution is -0.153. The first-order chi connectivity index (χ1) is 16.4. The smallest absolute Gasteiger partial charge is 0.407 e. The maximum absolute atomic E-state index is 13.4. The fourth-order valence-electron chi connectivity index (χ4n) is 5.34. The largest absolute Gasteiger partial charge is 0.480 e. The molecule has 0 radical (unpaired) electrons. The monoisotopic (exact) mass is 464 g/mol. The van der Waals surface area contributed by atoms with Crippen molar-refractivity contribution in [3.8, 4) is 11.1 Å². The molecule has 2 aromatic rings. The molecule has 2 aromatic carbocycles. The summed E-state index contributed by atoms with van der Waals surface area (Å²) < 4.78 is 5.62. The van der Waals surface area contributed by atoms with Gasteiger partial charge in [0.25, 0.3) is 0 Å². The number of aliphatic carboxylic acids is 1. The SMILES string of the molecule is CCC(CC)(CNC(=O)OCC1c2ccccc2-c2ccccc21)C(=O)N1CCCC1C(=O)O. The third-order valence-electron chi connectivity index (χ3n) is 7.52. The summed E-state index contributed by atoms with van der Waals surface area (Å²) in [4.78, 5) is 39.1. The van der Waals surface area contributed by atoms with Crippen LogP contribution in [0.1, 0.15) is 56.6 Å². The number of fused-ring (bicyclic) bond motifs is 3. The van der Waals surface area contributed by atoms with E-state index in [9.17, 15) is 19.5 Å². The summed E-state index contributed by atoms with van der Waals surface area (Å²) in [6, 6.07) is 15.5. The van der Waals surface area contributed by atoms with Crippen LogP contribution in [0.25, 0.3) is 11.1 Å². The summed E-state index contributed by atoms with van der Waals surface area (Å²) in [5.74, 6) is -1.22. The predicted molar refractivity (Wildman–Crippen MR) is 128 cm³/mol. The lowest BCUT2D eigenvalue weighted by Gasteiger charge is -2.36. The predicted octanol–water partition coefficient (Wildman–Crippen LogP) is 4.41. The van der Waals surface area contributed by atoms with Crippen LogP contribution in [0.2, 0.25) is 0 Å². The number of nitrogens with zero attached hydrogens (tertiary/aromatic N) is 1. The van der Waals surface area contributed by atoms with Crippen LogP contribution < -0.4 is 5.32 Å². The Labute approximate surface area is 200 Å². The van der Waals surface area contributed by atoms with Crippen molar-refractivity contribution in [3.05, 3.63) is 59.7 Å². The second-order valence-electron chi connectivity index (χ2n) is 9.16. The zero-order valence-corrected chi connectivity index (χ0v) is 19.8. The Bertz CT molecular complexity index is 1030. The molecule has 34 heavy (non-hydrogen) atoms. The van der Waals surface area contributed by atoms with E-state index in [0.29, 0.717) is 32.2 Å². The van der Waals surface area contributed by atoms with E-state index < -0.39 is 23.5 Å². The third-order valence-corrected chi connectivity index (χ3v) is 7.52. The molecule has 2 aliphatic rings. The Morgan fingerprint density at radius 1 is 1.03 bits per heavy atom. The highest BCUT2D eigenvalue weighted by molar-refractivity contribution is 5.88. The number of alkyl carbamates (subject to hydrolysis) is 1. The van der Waals surface area contributed by atoms with Gasteiger partial charge >= 0.3 is 12.1 Å². The van der Waals surface area contributed by atoms with Crippen LogP contribution in [0.5, 0.6) is 0 Å². The number of ether oxygens (including phenoxy) is 1. The van der Waals surface area contributed by atoms with Gasteiger partial charge in [0, 0.05) is 19.0 Å². The second-order valence-corrected chi connectivity index (χ2v) is 9.16. The van der Waals surface area contributed by atoms with Crippen molar-refractivity contribution in [2.45, 2.75) is 51.5 Å². The lowest BCUT2D eigenvalue weighted by atomic mass is 9.80. The number of benzene rings is 2. The molecular formula is C27H32N2O5. The van der Waals surface area contributed by atoms with Gasteiger partial charge in [0.05, 0.1) is 5.41 Å². The maximum atomic E-state index is 13.4. The van der Waals surface area contributed by atoms with Crippen LogP contribution in [0, 0.1) is 5.41 Å². The van der Waals surface area contributed by atoms with Gasteiger partial charge in [-0.15, -0.1) is 0 Å². The van der Waals surface area contributed by atoms with Gasteiger partial charge < -0.3 is 20.1 Å². The molecule has 1 unspecified atom stereocenters. The molecule has 1 saturated heterocycles. The second kappa shape index (κ2) is 9.87. The van der Waals surface area contributed by atoms with Crippen LogP contribution in [0.4, 0.5) is 4.79 Å². The highest BCUT2D eigenvalue weighted by Crippen LogP contribution is 2.44. The minimum absolute atomic E-state index is 0.0391. The number of hydrogen-bond donors (Lipinski definition) is 2. The molecule has 1 atom stereocenters. The van der Waals surface area contributed by atoms with Crippen molar-refractivity contribution in [2.24, 2.45) is 5.41 Å². The Balaban J connectivity index is 1.41. The number of carboxylic acid groups (broad SMARTS) is 1. The van der Waals surface area contributed by atoms with Gasteiger partial charge in [0.15, 0.2) is 0 Å². The molecular weight excluding hydrogens is 432 g/mol. The van der Waals surface area contributed by atoms with Gasteiger partial charge in [-0.2, -0.15) is 0 Å². The highest BCUT2D eigenvalue weighted by Gasteiger charge is 2.44. The molecule has 7 heteroatoms. The third kappa shape index (κ3) is 4.27. The van der Waals surface area contributed by atoms with E-state index in [1.165, 1.54) is 4.90 Å². The van der Waals surface area contributed by atoms with Gasteiger partial charge in [0.1, 0.15) is 12.6 Å². The summed E-state index contributed by atoms with van der Waals surface area (Å²) in [7, 11) is 0. The van der Waals surface area contributed by atoms with E-state index in [4.69, 9.17) is 4.74 Å². The number of carbonyl (C=O) groups excluding carboxylic acids is 2. The Hall–Kier alpha value is -3.35. The molecule has 4 rings (SSSR count). The Kier molecular flexibility index (Phi) is 6.91. The fraction of sp³-hybridized carbons (Fsp3) is 0.444. The van der Waals surface area contributed by atoms with Crippen LogP contribution in [0.15, 0.2) is 48.5 Å². The Morgan fingerprint density at radius 3 is 2.18 bits per heavy atom. The summed E-state index contributed by atoms with van der Waals surface area (Å²) >= 11 is 0. The van der Waals surface area contributed by atoms with E-state index >= 15 is 0 Å². The fourth-order valence-corrected chi connectivity index (χ4v) is 5.34. The molecule has 1 fully saturated rings. The number of rotatable bonds is 8. The quantitative estimate of drug-likeness (QED) is 0.603. The van der Waals surface area contributed by atoms with E-state index in [1.54, 1.807) is 0 Å². The zero-order chi connectivity index (χ0) is 24.3. The number of nitrogens with one attached hydrogen (secondary N) is 1. The summed E-state index contributed by atoms with van der Waals surface area (Å²) in [6.07, 6.45) is 1.55. The molecule has 1 heterocycles. The van der Waals surface area contributed by atoms with Crippen molar-refractivity contribution in [1.29, 1.82) is 0 Å².